The van der Waals surface area contributed by atoms with Gasteiger partial charge in [0, 0.05) is 0 Å². The highest BCUT2D eigenvalue weighted by molar-refractivity contribution is 7.80. The largest absolute Gasteiger partial charge is 0.379 e. The lowest BCUT2D eigenvalue weighted by Gasteiger charge is -2.38. The van der Waals surface area contributed by atoms with Gasteiger partial charge < -0.3 is 18.1 Å². The van der Waals surface area contributed by atoms with Crippen LogP contribution in [-0.4, -0.2) is 28.2 Å². The van der Waals surface area contributed by atoms with Crippen molar-refractivity contribution in [1.82, 2.24) is 0 Å². The minimum Gasteiger partial charge on any atom is -0.303 e. The Morgan fingerprint density at radius 3 is 0.871 bits per heavy atom. The molecule has 0 radical (unpaired) electrons. The molecule has 180 valence electrons. The molecular formula is C21H36Cl2O6P2. The average molecular weight is 517 g/mol. The molecule has 0 aromatic carbocycles. The summed E-state index contributed by atoms with van der Waals surface area (Å²) >= 11 is 13.6. The highest BCUT2D eigenvalue weighted by Crippen LogP contribution is 2.83. The first-order valence-electron chi connectivity index (χ1n) is 12.1. The molecule has 31 heavy (non-hydrogen) atoms. The van der Waals surface area contributed by atoms with Crippen LogP contribution in [0.5, 0.6) is 0 Å². The Bertz CT molecular complexity index is 581. The van der Waals surface area contributed by atoms with Gasteiger partial charge in [-0.15, -0.1) is 0 Å². The van der Waals surface area contributed by atoms with Crippen LogP contribution in [0.3, 0.4) is 0 Å². The first-order chi connectivity index (χ1) is 14.8. The Hall–Kier alpha value is 0.880. The van der Waals surface area contributed by atoms with E-state index >= 15 is 0 Å². The van der Waals surface area contributed by atoms with Crippen LogP contribution < -0.4 is 0 Å². The molecule has 0 N–H and O–H groups in total. The molecule has 0 spiro atoms. The minimum absolute atomic E-state index is 0.268. The summed E-state index contributed by atoms with van der Waals surface area (Å²) < 4.78 is 50.4. The van der Waals surface area contributed by atoms with Gasteiger partial charge in [-0.1, -0.05) is 74.6 Å². The van der Waals surface area contributed by atoms with E-state index < -0.39 is 19.0 Å². The van der Waals surface area contributed by atoms with Crippen molar-refractivity contribution in [2.75, 3.05) is 0 Å². The molecule has 0 aromatic heterocycles. The summed E-state index contributed by atoms with van der Waals surface area (Å²) in [5.41, 5.74) is 0. The van der Waals surface area contributed by atoms with Crippen LogP contribution in [0.25, 0.3) is 0 Å². The molecule has 10 heteroatoms. The summed E-state index contributed by atoms with van der Waals surface area (Å²) in [6.07, 6.45) is 12.9. The van der Waals surface area contributed by atoms with Crippen molar-refractivity contribution in [3.63, 3.8) is 0 Å². The van der Waals surface area contributed by atoms with E-state index in [1.54, 1.807) is 0 Å². The van der Waals surface area contributed by atoms with Crippen LogP contribution in [0.15, 0.2) is 0 Å². The quantitative estimate of drug-likeness (QED) is 0.214. The Labute approximate surface area is 196 Å². The first kappa shape index (κ1) is 25.0. The Kier molecular flexibility index (Phi) is 8.58. The Balaban J connectivity index is 1.63. The molecule has 0 saturated heterocycles. The summed E-state index contributed by atoms with van der Waals surface area (Å²) in [7, 11) is -8.48. The Morgan fingerprint density at radius 2 is 0.677 bits per heavy atom. The third kappa shape index (κ3) is 5.76. The molecule has 4 aliphatic rings. The average Bonchev–Trinajstić information content (AvgIpc) is 3.51. The van der Waals surface area contributed by atoms with Gasteiger partial charge in [-0.3, -0.25) is 9.13 Å². The fourth-order valence-corrected chi connectivity index (χ4v) is 11.0. The molecule has 6 nitrogen and oxygen atoms in total. The fourth-order valence-electron chi connectivity index (χ4n) is 5.21. The van der Waals surface area contributed by atoms with Gasteiger partial charge in [-0.25, -0.2) is 0 Å². The smallest absolute Gasteiger partial charge is 0.303 e. The summed E-state index contributed by atoms with van der Waals surface area (Å²) in [4.78, 5) is 0. The van der Waals surface area contributed by atoms with E-state index in [1.165, 1.54) is 0 Å². The first-order valence-corrected chi connectivity index (χ1v) is 16.0. The van der Waals surface area contributed by atoms with Gasteiger partial charge in [0.15, 0.2) is 0 Å². The predicted octanol–water partition coefficient (Wildman–Crippen LogP) is 8.30. The zero-order valence-electron chi connectivity index (χ0n) is 18.2. The van der Waals surface area contributed by atoms with Crippen molar-refractivity contribution in [3.05, 3.63) is 0 Å². The molecule has 0 bridgehead atoms. The van der Waals surface area contributed by atoms with Crippen LogP contribution in [-0.2, 0) is 27.2 Å². The van der Waals surface area contributed by atoms with E-state index in [-0.39, 0.29) is 24.4 Å². The van der Waals surface area contributed by atoms with E-state index in [9.17, 15) is 9.13 Å². The zero-order valence-corrected chi connectivity index (χ0v) is 21.5. The van der Waals surface area contributed by atoms with Crippen molar-refractivity contribution < 1.29 is 27.2 Å². The molecule has 0 aromatic rings. The van der Waals surface area contributed by atoms with Gasteiger partial charge in [0.05, 0.1) is 24.4 Å². The molecular weight excluding hydrogens is 481 g/mol. The lowest BCUT2D eigenvalue weighted by atomic mass is 10.3. The van der Waals surface area contributed by atoms with Crippen LogP contribution in [0.2, 0.25) is 0 Å². The normalized spacial score (nSPS) is 25.9. The molecule has 4 fully saturated rings. The van der Waals surface area contributed by atoms with E-state index in [1.807, 2.05) is 0 Å². The van der Waals surface area contributed by atoms with E-state index in [0.29, 0.717) is 0 Å². The van der Waals surface area contributed by atoms with Crippen LogP contribution in [0, 0.1) is 0 Å². The van der Waals surface area contributed by atoms with Crippen LogP contribution in [0.4, 0.5) is 0 Å². The van der Waals surface area contributed by atoms with Gasteiger partial charge in [0.1, 0.15) is 0 Å². The minimum atomic E-state index is -4.24. The highest BCUT2D eigenvalue weighted by atomic mass is 35.5. The number of hydrogen-bond acceptors (Lipinski definition) is 6. The number of halogens is 2. The molecule has 0 amide bonds. The SMILES string of the molecule is O=P(OC1CCCC1)(OC1CCCC1)C(Cl)(Cl)P(=O)(OC1CCCC1)OC1CCCC1. The molecule has 0 heterocycles. The zero-order chi connectivity index (χ0) is 22.0. The standard InChI is InChI=1S/C21H36Cl2O6P2/c22-21(23,30(24,26-17-9-1-2-10-17)27-18-11-3-4-12-18)31(25,28-19-13-5-6-14-19)29-20-15-7-8-16-20/h17-20H,1-16H2. The van der Waals surface area contributed by atoms with Gasteiger partial charge in [0.2, 0.25) is 0 Å². The monoisotopic (exact) mass is 516 g/mol. The van der Waals surface area contributed by atoms with E-state index in [0.717, 1.165) is 103 Å². The topological polar surface area (TPSA) is 71.1 Å². The highest BCUT2D eigenvalue weighted by Gasteiger charge is 2.67. The van der Waals surface area contributed by atoms with Crippen LogP contribution in [0.1, 0.15) is 103 Å². The summed E-state index contributed by atoms with van der Waals surface area (Å²) in [5, 5.41) is 0. The molecule has 4 aliphatic carbocycles. The van der Waals surface area contributed by atoms with Crippen LogP contribution >= 0.6 is 38.4 Å². The van der Waals surface area contributed by atoms with Gasteiger partial charge in [-0.2, -0.15) is 0 Å². The third-order valence-electron chi connectivity index (χ3n) is 7.02. The lowest BCUT2D eigenvalue weighted by Crippen LogP contribution is -2.28. The maximum Gasteiger partial charge on any atom is 0.379 e. The summed E-state index contributed by atoms with van der Waals surface area (Å²) in [5.74, 6) is 0. The van der Waals surface area contributed by atoms with Crippen molar-refractivity contribution in [1.29, 1.82) is 0 Å². The van der Waals surface area contributed by atoms with Gasteiger partial charge >= 0.3 is 19.0 Å². The fraction of sp³-hybridized carbons (Fsp3) is 1.00. The number of alkyl halides is 2. The molecule has 0 aliphatic heterocycles. The molecule has 4 rings (SSSR count). The van der Waals surface area contributed by atoms with Gasteiger partial charge in [0.25, 0.3) is 0 Å². The van der Waals surface area contributed by atoms with Crippen molar-refractivity contribution in [2.45, 2.75) is 131 Å². The van der Waals surface area contributed by atoms with Gasteiger partial charge in [-0.05, 0) is 51.4 Å². The number of hydrogen-bond donors (Lipinski definition) is 0. The van der Waals surface area contributed by atoms with Crippen molar-refractivity contribution >= 4 is 38.4 Å². The summed E-state index contributed by atoms with van der Waals surface area (Å²) in [6.45, 7) is 0. The molecule has 0 unspecified atom stereocenters. The second-order valence-corrected chi connectivity index (χ2v) is 16.5. The second-order valence-electron chi connectivity index (χ2n) is 9.55. The maximum atomic E-state index is 14.3. The third-order valence-corrected chi connectivity index (χ3v) is 14.6. The second kappa shape index (κ2) is 10.6. The number of rotatable bonds is 10. The predicted molar refractivity (Wildman–Crippen MR) is 123 cm³/mol. The lowest BCUT2D eigenvalue weighted by molar-refractivity contribution is 0.101. The van der Waals surface area contributed by atoms with E-state index in [2.05, 4.69) is 0 Å². The molecule has 0 atom stereocenters. The Morgan fingerprint density at radius 1 is 0.484 bits per heavy atom. The van der Waals surface area contributed by atoms with E-state index in [4.69, 9.17) is 41.3 Å². The molecule has 4 saturated carbocycles. The van der Waals surface area contributed by atoms with Crippen molar-refractivity contribution in [3.8, 4) is 0 Å². The summed E-state index contributed by atoms with van der Waals surface area (Å²) in [6, 6.07) is 0. The maximum absolute atomic E-state index is 14.3. The van der Waals surface area contributed by atoms with Crippen molar-refractivity contribution in [2.24, 2.45) is 0 Å².